The van der Waals surface area contributed by atoms with E-state index in [0.717, 1.165) is 0 Å². The van der Waals surface area contributed by atoms with Crippen LogP contribution in [0.25, 0.3) is 0 Å². The van der Waals surface area contributed by atoms with Crippen LogP contribution < -0.4 is 5.32 Å². The number of benzene rings is 1. The fourth-order valence-electron chi connectivity index (χ4n) is 1.64. The number of amides is 1. The van der Waals surface area contributed by atoms with Crippen LogP contribution in [0.3, 0.4) is 0 Å². The summed E-state index contributed by atoms with van der Waals surface area (Å²) in [5.74, 6) is -1.64. The molecule has 1 atom stereocenters. The molecule has 0 radical (unpaired) electrons. The Hall–Kier alpha value is -2.04. The Labute approximate surface area is 105 Å². The van der Waals surface area contributed by atoms with Crippen molar-refractivity contribution in [3.05, 3.63) is 29.3 Å². The molecular weight excluding hydrogens is 234 g/mol. The number of carboxylic acid groups (broad SMARTS) is 1. The largest absolute Gasteiger partial charge is 0.508 e. The van der Waals surface area contributed by atoms with Gasteiger partial charge in [-0.25, -0.2) is 4.79 Å². The molecule has 0 saturated heterocycles. The Morgan fingerprint density at radius 3 is 2.33 bits per heavy atom. The predicted molar refractivity (Wildman–Crippen MR) is 66.6 cm³/mol. The van der Waals surface area contributed by atoms with Crippen molar-refractivity contribution < 1.29 is 19.8 Å². The van der Waals surface area contributed by atoms with Gasteiger partial charge in [0, 0.05) is 5.56 Å². The standard InChI is InChI=1S/C13H17NO4/c1-7(2)11(13(17)18)14-12(16)10-5-4-9(15)6-8(10)3/h4-7,11,15H,1-3H3,(H,14,16)(H,17,18)/t11-/m1/s1. The number of phenols is 1. The zero-order valence-corrected chi connectivity index (χ0v) is 10.6. The number of phenolic OH excluding ortho intramolecular Hbond substituents is 1. The number of aryl methyl sites for hydroxylation is 1. The Kier molecular flexibility index (Phi) is 4.31. The molecule has 5 nitrogen and oxygen atoms in total. The van der Waals surface area contributed by atoms with Crippen molar-refractivity contribution in [1.29, 1.82) is 0 Å². The van der Waals surface area contributed by atoms with Gasteiger partial charge >= 0.3 is 5.97 Å². The molecule has 0 fully saturated rings. The second-order valence-electron chi connectivity index (χ2n) is 4.53. The normalized spacial score (nSPS) is 12.2. The Bertz CT molecular complexity index is 468. The number of carbonyl (C=O) groups excluding carboxylic acids is 1. The first-order chi connectivity index (χ1) is 8.32. The van der Waals surface area contributed by atoms with E-state index in [1.54, 1.807) is 20.8 Å². The van der Waals surface area contributed by atoms with E-state index >= 15 is 0 Å². The van der Waals surface area contributed by atoms with Gasteiger partial charge in [0.15, 0.2) is 0 Å². The van der Waals surface area contributed by atoms with Crippen LogP contribution in [-0.4, -0.2) is 28.1 Å². The maximum absolute atomic E-state index is 11.9. The third kappa shape index (κ3) is 3.23. The molecule has 0 aromatic heterocycles. The van der Waals surface area contributed by atoms with Crippen molar-refractivity contribution in [2.75, 3.05) is 0 Å². The summed E-state index contributed by atoms with van der Waals surface area (Å²) in [4.78, 5) is 22.9. The lowest BCUT2D eigenvalue weighted by Gasteiger charge is -2.18. The number of aliphatic carboxylic acids is 1. The second kappa shape index (κ2) is 5.53. The lowest BCUT2D eigenvalue weighted by Crippen LogP contribution is -2.44. The second-order valence-corrected chi connectivity index (χ2v) is 4.53. The molecule has 0 aliphatic rings. The first-order valence-corrected chi connectivity index (χ1v) is 5.66. The van der Waals surface area contributed by atoms with Crippen molar-refractivity contribution >= 4 is 11.9 Å². The average Bonchev–Trinajstić information content (AvgIpc) is 2.24. The van der Waals surface area contributed by atoms with Crippen LogP contribution in [0.5, 0.6) is 5.75 Å². The van der Waals surface area contributed by atoms with Crippen LogP contribution in [0.15, 0.2) is 18.2 Å². The topological polar surface area (TPSA) is 86.6 Å². The smallest absolute Gasteiger partial charge is 0.326 e. The third-order valence-electron chi connectivity index (χ3n) is 2.67. The van der Waals surface area contributed by atoms with E-state index in [0.29, 0.717) is 11.1 Å². The van der Waals surface area contributed by atoms with Crippen LogP contribution in [0.2, 0.25) is 0 Å². The van der Waals surface area contributed by atoms with E-state index in [2.05, 4.69) is 5.32 Å². The van der Waals surface area contributed by atoms with Crippen LogP contribution in [-0.2, 0) is 4.79 Å². The van der Waals surface area contributed by atoms with Crippen molar-refractivity contribution in [2.24, 2.45) is 5.92 Å². The molecule has 98 valence electrons. The summed E-state index contributed by atoms with van der Waals surface area (Å²) in [6.07, 6.45) is 0. The van der Waals surface area contributed by atoms with E-state index < -0.39 is 17.9 Å². The van der Waals surface area contributed by atoms with Gasteiger partial charge in [-0.2, -0.15) is 0 Å². The minimum atomic E-state index is -1.06. The SMILES string of the molecule is Cc1cc(O)ccc1C(=O)N[C@@H](C(=O)O)C(C)C. The highest BCUT2D eigenvalue weighted by Crippen LogP contribution is 2.16. The van der Waals surface area contributed by atoms with Crippen LogP contribution in [0.1, 0.15) is 29.8 Å². The molecule has 0 heterocycles. The van der Waals surface area contributed by atoms with Gasteiger partial charge in [-0.3, -0.25) is 4.79 Å². The average molecular weight is 251 g/mol. The van der Waals surface area contributed by atoms with Gasteiger partial charge in [0.05, 0.1) is 0 Å². The molecule has 5 heteroatoms. The minimum absolute atomic E-state index is 0.0719. The summed E-state index contributed by atoms with van der Waals surface area (Å²) in [5, 5.41) is 20.7. The lowest BCUT2D eigenvalue weighted by molar-refractivity contribution is -0.140. The van der Waals surface area contributed by atoms with Crippen LogP contribution in [0, 0.1) is 12.8 Å². The molecule has 0 bridgehead atoms. The first kappa shape index (κ1) is 14.0. The van der Waals surface area contributed by atoms with E-state index in [1.165, 1.54) is 18.2 Å². The number of carboxylic acids is 1. The summed E-state index contributed by atoms with van der Waals surface area (Å²) in [7, 11) is 0. The fourth-order valence-corrected chi connectivity index (χ4v) is 1.64. The lowest BCUT2D eigenvalue weighted by atomic mass is 10.0. The molecule has 1 amide bonds. The third-order valence-corrected chi connectivity index (χ3v) is 2.67. The zero-order chi connectivity index (χ0) is 13.9. The predicted octanol–water partition coefficient (Wildman–Crippen LogP) is 1.54. The van der Waals surface area contributed by atoms with Gasteiger partial charge in [-0.15, -0.1) is 0 Å². The molecule has 0 saturated carbocycles. The quantitative estimate of drug-likeness (QED) is 0.757. The van der Waals surface area contributed by atoms with Crippen molar-refractivity contribution in [3.63, 3.8) is 0 Å². The van der Waals surface area contributed by atoms with E-state index in [-0.39, 0.29) is 11.7 Å². The highest BCUT2D eigenvalue weighted by atomic mass is 16.4. The Balaban J connectivity index is 2.91. The zero-order valence-electron chi connectivity index (χ0n) is 10.6. The van der Waals surface area contributed by atoms with Gasteiger partial charge < -0.3 is 15.5 Å². The number of hydrogen-bond donors (Lipinski definition) is 3. The van der Waals surface area contributed by atoms with E-state index in [1.807, 2.05) is 0 Å². The molecule has 0 aliphatic carbocycles. The van der Waals surface area contributed by atoms with Crippen molar-refractivity contribution in [1.82, 2.24) is 5.32 Å². The van der Waals surface area contributed by atoms with Crippen molar-refractivity contribution in [3.8, 4) is 5.75 Å². The van der Waals surface area contributed by atoms with Crippen LogP contribution in [0.4, 0.5) is 0 Å². The summed E-state index contributed by atoms with van der Waals surface area (Å²) in [5.41, 5.74) is 0.958. The highest BCUT2D eigenvalue weighted by Gasteiger charge is 2.24. The molecule has 1 rings (SSSR count). The first-order valence-electron chi connectivity index (χ1n) is 5.66. The molecular formula is C13H17NO4. The minimum Gasteiger partial charge on any atom is -0.508 e. The van der Waals surface area contributed by atoms with Gasteiger partial charge in [0.25, 0.3) is 5.91 Å². The number of carbonyl (C=O) groups is 2. The summed E-state index contributed by atoms with van der Waals surface area (Å²) in [6.45, 7) is 5.13. The maximum atomic E-state index is 11.9. The number of nitrogens with one attached hydrogen (secondary N) is 1. The van der Waals surface area contributed by atoms with Gasteiger partial charge in [0.1, 0.15) is 11.8 Å². The van der Waals surface area contributed by atoms with Crippen LogP contribution >= 0.6 is 0 Å². The summed E-state index contributed by atoms with van der Waals surface area (Å²) < 4.78 is 0. The monoisotopic (exact) mass is 251 g/mol. The van der Waals surface area contributed by atoms with Crippen molar-refractivity contribution in [2.45, 2.75) is 26.8 Å². The van der Waals surface area contributed by atoms with E-state index in [9.17, 15) is 14.7 Å². The number of hydrogen-bond acceptors (Lipinski definition) is 3. The molecule has 1 aromatic carbocycles. The molecule has 0 unspecified atom stereocenters. The maximum Gasteiger partial charge on any atom is 0.326 e. The van der Waals surface area contributed by atoms with Gasteiger partial charge in [-0.1, -0.05) is 13.8 Å². The molecule has 0 aliphatic heterocycles. The van der Waals surface area contributed by atoms with E-state index in [4.69, 9.17) is 5.11 Å². The summed E-state index contributed by atoms with van der Waals surface area (Å²) >= 11 is 0. The molecule has 0 spiro atoms. The Morgan fingerprint density at radius 2 is 1.89 bits per heavy atom. The fraction of sp³-hybridized carbons (Fsp3) is 0.385. The summed E-state index contributed by atoms with van der Waals surface area (Å²) in [6, 6.07) is 3.40. The van der Waals surface area contributed by atoms with Gasteiger partial charge in [-0.05, 0) is 36.6 Å². The highest BCUT2D eigenvalue weighted by molar-refractivity contribution is 5.98. The molecule has 3 N–H and O–H groups in total. The number of rotatable bonds is 4. The Morgan fingerprint density at radius 1 is 1.28 bits per heavy atom. The number of aromatic hydroxyl groups is 1. The molecule has 1 aromatic rings. The van der Waals surface area contributed by atoms with Gasteiger partial charge in [0.2, 0.25) is 0 Å². The molecule has 18 heavy (non-hydrogen) atoms.